The summed E-state index contributed by atoms with van der Waals surface area (Å²) in [4.78, 5) is 22.2. The fourth-order valence-electron chi connectivity index (χ4n) is 1.61. The van der Waals surface area contributed by atoms with Gasteiger partial charge in [-0.1, -0.05) is 13.8 Å². The molecule has 0 bridgehead atoms. The zero-order valence-corrected chi connectivity index (χ0v) is 9.12. The molecule has 0 radical (unpaired) electrons. The number of nitrogens with one attached hydrogen (secondary N) is 2. The Morgan fingerprint density at radius 1 is 1.40 bits per heavy atom. The number of hydrogen-bond acceptors (Lipinski definition) is 3. The van der Waals surface area contributed by atoms with Crippen molar-refractivity contribution in [1.82, 2.24) is 10.6 Å². The van der Waals surface area contributed by atoms with Crippen LogP contribution in [0.3, 0.4) is 0 Å². The van der Waals surface area contributed by atoms with E-state index in [2.05, 4.69) is 10.6 Å². The summed E-state index contributed by atoms with van der Waals surface area (Å²) in [6.07, 6.45) is 0.515. The fourth-order valence-corrected chi connectivity index (χ4v) is 1.61. The first kappa shape index (κ1) is 12.0. The summed E-state index contributed by atoms with van der Waals surface area (Å²) in [6.45, 7) is 4.78. The van der Waals surface area contributed by atoms with Crippen LogP contribution in [-0.2, 0) is 9.59 Å². The van der Waals surface area contributed by atoms with E-state index in [-0.39, 0.29) is 17.9 Å². The largest absolute Gasteiger partial charge is 0.481 e. The normalized spacial score (nSPS) is 26.3. The summed E-state index contributed by atoms with van der Waals surface area (Å²) in [5, 5.41) is 14.7. The Morgan fingerprint density at radius 3 is 2.60 bits per heavy atom. The van der Waals surface area contributed by atoms with Crippen LogP contribution >= 0.6 is 0 Å². The molecule has 0 aromatic heterocycles. The van der Waals surface area contributed by atoms with Gasteiger partial charge in [-0.05, 0) is 6.42 Å². The smallest absolute Gasteiger partial charge is 0.307 e. The molecular formula is C10H18N2O3. The van der Waals surface area contributed by atoms with Crippen molar-refractivity contribution < 1.29 is 14.7 Å². The van der Waals surface area contributed by atoms with Crippen molar-refractivity contribution in [2.75, 3.05) is 13.1 Å². The van der Waals surface area contributed by atoms with E-state index >= 15 is 0 Å². The summed E-state index contributed by atoms with van der Waals surface area (Å²) >= 11 is 0. The maximum Gasteiger partial charge on any atom is 0.307 e. The topological polar surface area (TPSA) is 78.4 Å². The second kappa shape index (κ2) is 5.11. The Bertz CT molecular complexity index is 253. The molecule has 0 saturated carbocycles. The molecule has 5 heteroatoms. The van der Waals surface area contributed by atoms with E-state index < -0.39 is 11.9 Å². The molecule has 3 N–H and O–H groups in total. The van der Waals surface area contributed by atoms with Gasteiger partial charge in [-0.15, -0.1) is 0 Å². The van der Waals surface area contributed by atoms with Crippen molar-refractivity contribution in [3.63, 3.8) is 0 Å². The molecule has 1 rings (SSSR count). The second-order valence-corrected chi connectivity index (χ2v) is 4.29. The Morgan fingerprint density at radius 2 is 2.07 bits per heavy atom. The highest BCUT2D eigenvalue weighted by molar-refractivity contribution is 5.78. The fraction of sp³-hybridized carbons (Fsp3) is 0.800. The van der Waals surface area contributed by atoms with Gasteiger partial charge >= 0.3 is 5.97 Å². The van der Waals surface area contributed by atoms with E-state index in [0.29, 0.717) is 19.5 Å². The Kier molecular flexibility index (Phi) is 4.08. The van der Waals surface area contributed by atoms with Gasteiger partial charge in [0.15, 0.2) is 0 Å². The molecule has 2 atom stereocenters. The molecule has 0 aromatic carbocycles. The minimum atomic E-state index is -0.800. The molecular weight excluding hydrogens is 196 g/mol. The zero-order valence-electron chi connectivity index (χ0n) is 9.12. The average Bonchev–Trinajstić information content (AvgIpc) is 2.18. The van der Waals surface area contributed by atoms with Crippen LogP contribution in [-0.4, -0.2) is 36.1 Å². The number of carboxylic acid groups (broad SMARTS) is 1. The number of amides is 1. The lowest BCUT2D eigenvalue weighted by atomic mass is 9.95. The van der Waals surface area contributed by atoms with Gasteiger partial charge in [0.2, 0.25) is 5.91 Å². The summed E-state index contributed by atoms with van der Waals surface area (Å²) < 4.78 is 0. The number of carbonyl (C=O) groups is 2. The van der Waals surface area contributed by atoms with E-state index in [9.17, 15) is 9.59 Å². The van der Waals surface area contributed by atoms with Gasteiger partial charge in [0.05, 0.1) is 5.92 Å². The molecule has 1 aliphatic heterocycles. The van der Waals surface area contributed by atoms with Gasteiger partial charge in [0, 0.05) is 25.0 Å². The molecule has 5 nitrogen and oxygen atoms in total. The Labute approximate surface area is 89.2 Å². The highest BCUT2D eigenvalue weighted by Crippen LogP contribution is 2.11. The van der Waals surface area contributed by atoms with Gasteiger partial charge < -0.3 is 15.7 Å². The molecule has 15 heavy (non-hydrogen) atoms. The van der Waals surface area contributed by atoms with Gasteiger partial charge in [0.25, 0.3) is 0 Å². The quantitative estimate of drug-likeness (QED) is 0.609. The minimum absolute atomic E-state index is 0.0205. The minimum Gasteiger partial charge on any atom is -0.481 e. The van der Waals surface area contributed by atoms with Crippen LogP contribution in [0.15, 0.2) is 0 Å². The third kappa shape index (κ3) is 3.51. The van der Waals surface area contributed by atoms with Gasteiger partial charge in [-0.2, -0.15) is 0 Å². The van der Waals surface area contributed by atoms with Crippen LogP contribution in [0.4, 0.5) is 0 Å². The second-order valence-electron chi connectivity index (χ2n) is 4.29. The molecule has 0 aromatic rings. The van der Waals surface area contributed by atoms with Crippen LogP contribution in [0.5, 0.6) is 0 Å². The predicted octanol–water partition coefficient (Wildman–Crippen LogP) is -0.179. The van der Waals surface area contributed by atoms with Gasteiger partial charge in [-0.3, -0.25) is 9.59 Å². The summed E-state index contributed by atoms with van der Waals surface area (Å²) in [5.41, 5.74) is 0. The molecule has 1 aliphatic rings. The third-order valence-electron chi connectivity index (χ3n) is 2.57. The van der Waals surface area contributed by atoms with Crippen LogP contribution < -0.4 is 10.6 Å². The maximum atomic E-state index is 11.4. The average molecular weight is 214 g/mol. The monoisotopic (exact) mass is 214 g/mol. The van der Waals surface area contributed by atoms with Gasteiger partial charge in [0.1, 0.15) is 0 Å². The first-order valence-corrected chi connectivity index (χ1v) is 5.24. The van der Waals surface area contributed by atoms with E-state index in [1.54, 1.807) is 0 Å². The molecule has 1 amide bonds. The predicted molar refractivity (Wildman–Crippen MR) is 55.4 cm³/mol. The van der Waals surface area contributed by atoms with Crippen molar-refractivity contribution >= 4 is 11.9 Å². The van der Waals surface area contributed by atoms with Crippen LogP contribution in [0.1, 0.15) is 20.3 Å². The van der Waals surface area contributed by atoms with Crippen LogP contribution in [0, 0.1) is 11.8 Å². The number of carbonyl (C=O) groups excluding carboxylic acids is 1. The van der Waals surface area contributed by atoms with Crippen molar-refractivity contribution in [3.8, 4) is 0 Å². The Balaban J connectivity index is 2.43. The summed E-state index contributed by atoms with van der Waals surface area (Å²) in [7, 11) is 0. The molecule has 0 aliphatic carbocycles. The lowest BCUT2D eigenvalue weighted by Crippen LogP contribution is -2.51. The standard InChI is InChI=1S/C10H18N2O3/c1-6(2)9(13)12-8-3-7(10(14)15)4-11-5-8/h6-8,11H,3-5H2,1-2H3,(H,12,13)(H,14,15)/t7-,8+/m0/s1. The lowest BCUT2D eigenvalue weighted by molar-refractivity contribution is -0.143. The first-order chi connectivity index (χ1) is 7.00. The van der Waals surface area contributed by atoms with Crippen LogP contribution in [0.2, 0.25) is 0 Å². The summed E-state index contributed by atoms with van der Waals surface area (Å²) in [6, 6.07) is -0.0604. The van der Waals surface area contributed by atoms with E-state index in [1.807, 2.05) is 13.8 Å². The molecule has 86 valence electrons. The third-order valence-corrected chi connectivity index (χ3v) is 2.57. The SMILES string of the molecule is CC(C)C(=O)N[C@H]1CNC[C@@H](C(=O)O)C1. The van der Waals surface area contributed by atoms with Crippen molar-refractivity contribution in [3.05, 3.63) is 0 Å². The first-order valence-electron chi connectivity index (χ1n) is 5.24. The van der Waals surface area contributed by atoms with E-state index in [4.69, 9.17) is 5.11 Å². The molecule has 0 unspecified atom stereocenters. The number of hydrogen-bond donors (Lipinski definition) is 3. The number of piperidine rings is 1. The summed E-state index contributed by atoms with van der Waals surface area (Å²) in [5.74, 6) is -1.27. The van der Waals surface area contributed by atoms with Crippen molar-refractivity contribution in [1.29, 1.82) is 0 Å². The van der Waals surface area contributed by atoms with Crippen LogP contribution in [0.25, 0.3) is 0 Å². The highest BCUT2D eigenvalue weighted by atomic mass is 16.4. The van der Waals surface area contributed by atoms with E-state index in [1.165, 1.54) is 0 Å². The number of rotatable bonds is 3. The van der Waals surface area contributed by atoms with Gasteiger partial charge in [-0.25, -0.2) is 0 Å². The van der Waals surface area contributed by atoms with Crippen molar-refractivity contribution in [2.24, 2.45) is 11.8 Å². The Hall–Kier alpha value is -1.10. The van der Waals surface area contributed by atoms with E-state index in [0.717, 1.165) is 0 Å². The molecule has 1 fully saturated rings. The highest BCUT2D eigenvalue weighted by Gasteiger charge is 2.27. The maximum absolute atomic E-state index is 11.4. The van der Waals surface area contributed by atoms with Crippen molar-refractivity contribution in [2.45, 2.75) is 26.3 Å². The zero-order chi connectivity index (χ0) is 11.4. The molecule has 0 spiro atoms. The number of aliphatic carboxylic acids is 1. The molecule has 1 saturated heterocycles. The lowest BCUT2D eigenvalue weighted by Gasteiger charge is -2.28. The number of carboxylic acids is 1. The molecule has 1 heterocycles.